The van der Waals surface area contributed by atoms with E-state index in [4.69, 9.17) is 5.73 Å². The summed E-state index contributed by atoms with van der Waals surface area (Å²) in [5.41, 5.74) is 9.51. The van der Waals surface area contributed by atoms with Gasteiger partial charge in [0.1, 0.15) is 0 Å². The number of rotatable bonds is 4. The van der Waals surface area contributed by atoms with E-state index in [0.29, 0.717) is 11.3 Å². The molecule has 0 aliphatic heterocycles. The van der Waals surface area contributed by atoms with Crippen molar-refractivity contribution in [1.82, 2.24) is 15.2 Å². The molecule has 1 aromatic heterocycles. The zero-order valence-corrected chi connectivity index (χ0v) is 12.5. The highest BCUT2D eigenvalue weighted by Crippen LogP contribution is 2.14. The Bertz CT molecular complexity index is 669. The van der Waals surface area contributed by atoms with Crippen LogP contribution in [0.5, 0.6) is 0 Å². The maximum absolute atomic E-state index is 12.2. The number of aromatic nitrogens is 3. The first-order chi connectivity index (χ1) is 10.0. The Balaban J connectivity index is 2.21. The van der Waals surface area contributed by atoms with Crippen LogP contribution >= 0.6 is 0 Å². The minimum Gasteiger partial charge on any atom is -0.398 e. The highest BCUT2D eigenvalue weighted by Gasteiger charge is 2.11. The van der Waals surface area contributed by atoms with Gasteiger partial charge in [0.05, 0.1) is 11.4 Å². The number of hydrogen-bond acceptors (Lipinski definition) is 5. The van der Waals surface area contributed by atoms with Gasteiger partial charge in [-0.1, -0.05) is 19.9 Å². The van der Waals surface area contributed by atoms with Gasteiger partial charge in [-0.05, 0) is 37.5 Å². The monoisotopic (exact) mass is 285 g/mol. The maximum atomic E-state index is 12.2. The lowest BCUT2D eigenvalue weighted by Gasteiger charge is -2.08. The molecule has 3 N–H and O–H groups in total. The van der Waals surface area contributed by atoms with E-state index in [1.165, 1.54) is 0 Å². The van der Waals surface area contributed by atoms with Crippen LogP contribution in [0.4, 0.5) is 11.6 Å². The fourth-order valence-corrected chi connectivity index (χ4v) is 1.95. The van der Waals surface area contributed by atoms with Crippen molar-refractivity contribution in [3.63, 3.8) is 0 Å². The lowest BCUT2D eigenvalue weighted by Crippen LogP contribution is -2.16. The van der Waals surface area contributed by atoms with Crippen LogP contribution in [-0.4, -0.2) is 21.1 Å². The molecule has 6 heteroatoms. The summed E-state index contributed by atoms with van der Waals surface area (Å²) in [5, 5.41) is 10.7. The van der Waals surface area contributed by atoms with Crippen molar-refractivity contribution >= 4 is 17.5 Å². The lowest BCUT2D eigenvalue weighted by atomic mass is 10.1. The number of hydrogen-bond donors (Lipinski definition) is 2. The number of carbonyl (C=O) groups is 1. The molecule has 0 atom stereocenters. The van der Waals surface area contributed by atoms with Gasteiger partial charge < -0.3 is 5.73 Å². The van der Waals surface area contributed by atoms with Crippen molar-refractivity contribution in [2.24, 2.45) is 0 Å². The third-order valence-electron chi connectivity index (χ3n) is 3.28. The summed E-state index contributed by atoms with van der Waals surface area (Å²) in [6.45, 7) is 5.88. The third kappa shape index (κ3) is 3.34. The van der Waals surface area contributed by atoms with E-state index in [1.54, 1.807) is 18.2 Å². The molecule has 0 bridgehead atoms. The van der Waals surface area contributed by atoms with Crippen LogP contribution in [-0.2, 0) is 12.8 Å². The number of amides is 1. The van der Waals surface area contributed by atoms with Crippen molar-refractivity contribution in [3.8, 4) is 0 Å². The number of benzene rings is 1. The Morgan fingerprint density at radius 2 is 1.90 bits per heavy atom. The summed E-state index contributed by atoms with van der Waals surface area (Å²) in [6.07, 6.45) is 1.52. The Hall–Kier alpha value is -2.50. The van der Waals surface area contributed by atoms with Crippen LogP contribution < -0.4 is 11.1 Å². The summed E-state index contributed by atoms with van der Waals surface area (Å²) < 4.78 is 0. The Labute approximate surface area is 123 Å². The lowest BCUT2D eigenvalue weighted by molar-refractivity contribution is 0.102. The maximum Gasteiger partial charge on any atom is 0.258 e. The minimum absolute atomic E-state index is 0.216. The quantitative estimate of drug-likeness (QED) is 0.839. The first kappa shape index (κ1) is 14.9. The number of anilines is 2. The van der Waals surface area contributed by atoms with Gasteiger partial charge in [-0.3, -0.25) is 10.1 Å². The molecule has 0 saturated carbocycles. The van der Waals surface area contributed by atoms with Gasteiger partial charge in [0.25, 0.3) is 5.91 Å². The first-order valence-corrected chi connectivity index (χ1v) is 6.95. The minimum atomic E-state index is -0.296. The van der Waals surface area contributed by atoms with Gasteiger partial charge in [0.2, 0.25) is 5.95 Å². The van der Waals surface area contributed by atoms with Crippen molar-refractivity contribution in [3.05, 3.63) is 40.7 Å². The Morgan fingerprint density at radius 1 is 1.19 bits per heavy atom. The molecule has 1 amide bonds. The van der Waals surface area contributed by atoms with Crippen LogP contribution in [0.3, 0.4) is 0 Å². The van der Waals surface area contributed by atoms with Crippen LogP contribution in [0.2, 0.25) is 0 Å². The number of aryl methyl sites for hydroxylation is 3. The Morgan fingerprint density at radius 3 is 2.52 bits per heavy atom. The second kappa shape index (κ2) is 6.30. The fourth-order valence-electron chi connectivity index (χ4n) is 1.95. The number of nitrogens with zero attached hydrogens (tertiary/aromatic N) is 3. The molecule has 0 aliphatic carbocycles. The van der Waals surface area contributed by atoms with Crippen LogP contribution in [0.1, 0.15) is 41.2 Å². The molecule has 2 aromatic rings. The average Bonchev–Trinajstić information content (AvgIpc) is 2.49. The van der Waals surface area contributed by atoms with Crippen molar-refractivity contribution in [2.45, 2.75) is 33.6 Å². The number of nitrogens with two attached hydrogens (primary N) is 1. The number of nitrogen functional groups attached to an aromatic ring is 1. The molecule has 0 saturated heterocycles. The molecule has 110 valence electrons. The zero-order chi connectivity index (χ0) is 15.4. The average molecular weight is 285 g/mol. The standard InChI is InChI=1S/C15H19N5O/c1-4-12-13(5-2)19-20-15(17-12)18-14(21)10-7-6-9(3)11(16)8-10/h6-8H,4-5,16H2,1-3H3,(H,17,18,20,21). The SMILES string of the molecule is CCc1nnc(NC(=O)c2ccc(C)c(N)c2)nc1CC. The fraction of sp³-hybridized carbons (Fsp3) is 0.333. The van der Waals surface area contributed by atoms with E-state index in [0.717, 1.165) is 29.8 Å². The van der Waals surface area contributed by atoms with Gasteiger partial charge in [0, 0.05) is 11.3 Å². The van der Waals surface area contributed by atoms with E-state index < -0.39 is 0 Å². The molecule has 1 aromatic carbocycles. The molecule has 0 spiro atoms. The summed E-state index contributed by atoms with van der Waals surface area (Å²) in [7, 11) is 0. The van der Waals surface area contributed by atoms with Gasteiger partial charge in [-0.2, -0.15) is 0 Å². The van der Waals surface area contributed by atoms with Crippen LogP contribution in [0.25, 0.3) is 0 Å². The summed E-state index contributed by atoms with van der Waals surface area (Å²) >= 11 is 0. The van der Waals surface area contributed by atoms with Crippen LogP contribution in [0.15, 0.2) is 18.2 Å². The molecule has 2 rings (SSSR count). The van der Waals surface area contributed by atoms with E-state index in [9.17, 15) is 4.79 Å². The summed E-state index contributed by atoms with van der Waals surface area (Å²) in [4.78, 5) is 16.5. The summed E-state index contributed by atoms with van der Waals surface area (Å²) in [6, 6.07) is 5.16. The second-order valence-corrected chi connectivity index (χ2v) is 4.76. The third-order valence-corrected chi connectivity index (χ3v) is 3.28. The zero-order valence-electron chi connectivity index (χ0n) is 12.5. The largest absolute Gasteiger partial charge is 0.398 e. The second-order valence-electron chi connectivity index (χ2n) is 4.76. The van der Waals surface area contributed by atoms with Crippen molar-refractivity contribution in [2.75, 3.05) is 11.1 Å². The van der Waals surface area contributed by atoms with E-state index >= 15 is 0 Å². The van der Waals surface area contributed by atoms with E-state index in [2.05, 4.69) is 20.5 Å². The first-order valence-electron chi connectivity index (χ1n) is 6.95. The topological polar surface area (TPSA) is 93.8 Å². The molecule has 6 nitrogen and oxygen atoms in total. The molecular formula is C15H19N5O. The molecular weight excluding hydrogens is 266 g/mol. The molecule has 21 heavy (non-hydrogen) atoms. The molecule has 0 aliphatic rings. The predicted octanol–water partition coefficient (Wildman–Crippen LogP) is 2.14. The molecule has 1 heterocycles. The van der Waals surface area contributed by atoms with Crippen molar-refractivity contribution in [1.29, 1.82) is 0 Å². The number of carbonyl (C=O) groups excluding carboxylic acids is 1. The highest BCUT2D eigenvalue weighted by molar-refractivity contribution is 6.03. The molecule has 0 radical (unpaired) electrons. The highest BCUT2D eigenvalue weighted by atomic mass is 16.1. The number of nitrogens with one attached hydrogen (secondary N) is 1. The van der Waals surface area contributed by atoms with Crippen molar-refractivity contribution < 1.29 is 4.79 Å². The van der Waals surface area contributed by atoms with Gasteiger partial charge >= 0.3 is 0 Å². The normalized spacial score (nSPS) is 10.4. The van der Waals surface area contributed by atoms with Crippen LogP contribution in [0, 0.1) is 6.92 Å². The Kier molecular flexibility index (Phi) is 4.47. The summed E-state index contributed by atoms with van der Waals surface area (Å²) in [5.74, 6) is -0.0806. The van der Waals surface area contributed by atoms with Gasteiger partial charge in [-0.25, -0.2) is 4.98 Å². The molecule has 0 unspecified atom stereocenters. The van der Waals surface area contributed by atoms with E-state index in [-0.39, 0.29) is 11.9 Å². The smallest absolute Gasteiger partial charge is 0.258 e. The molecule has 0 fully saturated rings. The van der Waals surface area contributed by atoms with E-state index in [1.807, 2.05) is 20.8 Å². The van der Waals surface area contributed by atoms with Gasteiger partial charge in [0.15, 0.2) is 0 Å². The predicted molar refractivity (Wildman–Crippen MR) is 82.1 cm³/mol. The van der Waals surface area contributed by atoms with Gasteiger partial charge in [-0.15, -0.1) is 10.2 Å².